The molecule has 1 aliphatic carbocycles. The van der Waals surface area contributed by atoms with E-state index in [4.69, 9.17) is 5.53 Å². The van der Waals surface area contributed by atoms with Gasteiger partial charge in [-0.1, -0.05) is 0 Å². The van der Waals surface area contributed by atoms with Crippen molar-refractivity contribution >= 4 is 11.5 Å². The summed E-state index contributed by atoms with van der Waals surface area (Å²) in [5.41, 5.74) is 8.88. The van der Waals surface area contributed by atoms with E-state index in [1.165, 1.54) is 0 Å². The Kier molecular flexibility index (Phi) is 1.75. The van der Waals surface area contributed by atoms with Gasteiger partial charge in [-0.15, -0.1) is 0 Å². The molecule has 9 heavy (non-hydrogen) atoms. The predicted molar refractivity (Wildman–Crippen MR) is 32.1 cm³/mol. The largest absolute Gasteiger partial charge is 0.362 e. The van der Waals surface area contributed by atoms with Crippen LogP contribution in [0.2, 0.25) is 0 Å². The molecule has 0 amide bonds. The first kappa shape index (κ1) is 6.17. The van der Waals surface area contributed by atoms with E-state index in [1.807, 2.05) is 0 Å². The van der Waals surface area contributed by atoms with Crippen LogP contribution in [0.15, 0.2) is 0 Å². The van der Waals surface area contributed by atoms with Crippen molar-refractivity contribution in [2.24, 2.45) is 0 Å². The minimum Gasteiger partial charge on any atom is -0.362 e. The van der Waals surface area contributed by atoms with Crippen LogP contribution in [0, 0.1) is 0 Å². The highest BCUT2D eigenvalue weighted by atomic mass is 16.1. The third kappa shape index (κ3) is 1.47. The monoisotopic (exact) mass is 124 g/mol. The van der Waals surface area contributed by atoms with E-state index >= 15 is 0 Å². The molecule has 0 heterocycles. The van der Waals surface area contributed by atoms with E-state index < -0.39 is 0 Å². The van der Waals surface area contributed by atoms with Crippen LogP contribution in [0.5, 0.6) is 0 Å². The zero-order valence-corrected chi connectivity index (χ0v) is 5.13. The molecule has 1 fully saturated rings. The number of hydrogen-bond donors (Lipinski definition) is 0. The van der Waals surface area contributed by atoms with Crippen molar-refractivity contribution in [3.63, 3.8) is 0 Å². The average Bonchev–Trinajstić information content (AvgIpc) is 1.88. The molecule has 0 unspecified atom stereocenters. The summed E-state index contributed by atoms with van der Waals surface area (Å²) in [5.74, 6) is 0.189. The number of rotatable bonds is 0. The molecule has 0 spiro atoms. The minimum atomic E-state index is 0.189. The molecule has 1 saturated carbocycles. The van der Waals surface area contributed by atoms with Crippen LogP contribution < -0.4 is 0 Å². The third-order valence-corrected chi connectivity index (χ3v) is 1.46. The molecule has 0 N–H and O–H groups in total. The molecule has 3 nitrogen and oxygen atoms in total. The highest BCUT2D eigenvalue weighted by Crippen LogP contribution is 2.09. The quantitative estimate of drug-likeness (QED) is 0.348. The van der Waals surface area contributed by atoms with Crippen LogP contribution in [-0.2, 0) is 4.79 Å². The van der Waals surface area contributed by atoms with Crippen LogP contribution in [0.1, 0.15) is 25.7 Å². The number of Topliss-reactive ketones (excluding diaryl/α,β-unsaturated/α-hetero) is 1. The molecule has 0 aromatic rings. The van der Waals surface area contributed by atoms with Gasteiger partial charge in [-0.2, -0.15) is 4.79 Å². The Morgan fingerprint density at radius 2 is 2.22 bits per heavy atom. The molecule has 1 aliphatic rings. The molecule has 0 bridgehead atoms. The Hall–Kier alpha value is -0.950. The van der Waals surface area contributed by atoms with E-state index in [2.05, 4.69) is 4.79 Å². The van der Waals surface area contributed by atoms with Gasteiger partial charge < -0.3 is 5.53 Å². The van der Waals surface area contributed by atoms with Crippen LogP contribution >= 0.6 is 0 Å². The Bertz CT molecular complexity index is 179. The normalized spacial score (nSPS) is 19.6. The summed E-state index contributed by atoms with van der Waals surface area (Å²) < 4.78 is 0. The second-order valence-corrected chi connectivity index (χ2v) is 2.24. The van der Waals surface area contributed by atoms with Gasteiger partial charge in [0.1, 0.15) is 12.2 Å². The maximum atomic E-state index is 10.6. The van der Waals surface area contributed by atoms with E-state index in [-0.39, 0.29) is 5.78 Å². The zero-order valence-electron chi connectivity index (χ0n) is 5.13. The summed E-state index contributed by atoms with van der Waals surface area (Å²) in [4.78, 5) is 13.6. The standard InChI is InChI=1S/C6H8N2O/c7-8-5-2-1-3-6(9)4-5/h1-4H2. The minimum absolute atomic E-state index is 0.189. The van der Waals surface area contributed by atoms with Crippen molar-refractivity contribution in [2.45, 2.75) is 25.7 Å². The number of carbonyl (C=O) groups excluding carboxylic acids is 1. The number of ketones is 1. The highest BCUT2D eigenvalue weighted by Gasteiger charge is 2.19. The fourth-order valence-corrected chi connectivity index (χ4v) is 0.979. The van der Waals surface area contributed by atoms with Gasteiger partial charge in [-0.25, -0.2) is 0 Å². The van der Waals surface area contributed by atoms with Gasteiger partial charge in [0.25, 0.3) is 5.71 Å². The van der Waals surface area contributed by atoms with Crippen molar-refractivity contribution in [1.29, 1.82) is 0 Å². The number of carbonyl (C=O) groups is 1. The van der Waals surface area contributed by atoms with Gasteiger partial charge in [0.2, 0.25) is 0 Å². The van der Waals surface area contributed by atoms with E-state index in [9.17, 15) is 4.79 Å². The molecule has 0 aromatic carbocycles. The highest BCUT2D eigenvalue weighted by molar-refractivity contribution is 6.01. The second-order valence-electron chi connectivity index (χ2n) is 2.24. The van der Waals surface area contributed by atoms with Crippen LogP contribution in [0.4, 0.5) is 0 Å². The van der Waals surface area contributed by atoms with Crippen molar-refractivity contribution in [3.8, 4) is 0 Å². The Morgan fingerprint density at radius 1 is 1.44 bits per heavy atom. The fourth-order valence-electron chi connectivity index (χ4n) is 0.979. The SMILES string of the molecule is [N-]=[N+]=C1CCCC(=O)C1. The van der Waals surface area contributed by atoms with Crippen LogP contribution in [-0.4, -0.2) is 16.3 Å². The molecule has 0 aliphatic heterocycles. The summed E-state index contributed by atoms with van der Waals surface area (Å²) >= 11 is 0. The van der Waals surface area contributed by atoms with Gasteiger partial charge in [-0.3, -0.25) is 4.79 Å². The van der Waals surface area contributed by atoms with Crippen molar-refractivity contribution in [1.82, 2.24) is 0 Å². The van der Waals surface area contributed by atoms with Crippen molar-refractivity contribution < 1.29 is 9.58 Å². The maximum absolute atomic E-state index is 10.6. The lowest BCUT2D eigenvalue weighted by molar-refractivity contribution is -0.119. The van der Waals surface area contributed by atoms with Gasteiger partial charge in [0.05, 0.1) is 0 Å². The first-order valence-electron chi connectivity index (χ1n) is 3.04. The van der Waals surface area contributed by atoms with Gasteiger partial charge in [0, 0.05) is 12.8 Å². The predicted octanol–water partition coefficient (Wildman–Crippen LogP) is 0.800. The Balaban J connectivity index is 2.61. The summed E-state index contributed by atoms with van der Waals surface area (Å²) in [6.07, 6.45) is 2.63. The van der Waals surface area contributed by atoms with Crippen molar-refractivity contribution in [2.75, 3.05) is 0 Å². The Morgan fingerprint density at radius 3 is 2.67 bits per heavy atom. The first-order valence-corrected chi connectivity index (χ1v) is 3.04. The van der Waals surface area contributed by atoms with Gasteiger partial charge in [0.15, 0.2) is 0 Å². The Labute approximate surface area is 53.3 Å². The van der Waals surface area contributed by atoms with E-state index in [1.54, 1.807) is 0 Å². The molecule has 0 aromatic heterocycles. The molecular weight excluding hydrogens is 116 g/mol. The van der Waals surface area contributed by atoms with Gasteiger partial charge >= 0.3 is 0 Å². The lowest BCUT2D eigenvalue weighted by atomic mass is 9.98. The molecule has 3 heteroatoms. The molecular formula is C6H8N2O. The number of nitrogens with zero attached hydrogens (tertiary/aromatic N) is 2. The molecule has 48 valence electrons. The average molecular weight is 124 g/mol. The second kappa shape index (κ2) is 2.55. The first-order chi connectivity index (χ1) is 4.33. The summed E-state index contributed by atoms with van der Waals surface area (Å²) in [6.45, 7) is 0. The fraction of sp³-hybridized carbons (Fsp3) is 0.667. The smallest absolute Gasteiger partial charge is 0.276 e. The number of hydrogen-bond acceptors (Lipinski definition) is 1. The lowest BCUT2D eigenvalue weighted by Crippen LogP contribution is -2.14. The topological polar surface area (TPSA) is 53.5 Å². The maximum Gasteiger partial charge on any atom is 0.276 e. The zero-order chi connectivity index (χ0) is 6.69. The summed E-state index contributed by atoms with van der Waals surface area (Å²) in [6, 6.07) is 0. The molecule has 1 rings (SSSR count). The van der Waals surface area contributed by atoms with Crippen molar-refractivity contribution in [3.05, 3.63) is 5.53 Å². The van der Waals surface area contributed by atoms with E-state index in [0.29, 0.717) is 18.6 Å². The van der Waals surface area contributed by atoms with Gasteiger partial charge in [-0.05, 0) is 6.42 Å². The summed E-state index contributed by atoms with van der Waals surface area (Å²) in [7, 11) is 0. The summed E-state index contributed by atoms with van der Waals surface area (Å²) in [5, 5.41) is 0. The molecule has 0 saturated heterocycles. The molecule has 0 atom stereocenters. The lowest BCUT2D eigenvalue weighted by Gasteiger charge is -2.01. The van der Waals surface area contributed by atoms with Crippen LogP contribution in [0.25, 0.3) is 5.53 Å². The third-order valence-electron chi connectivity index (χ3n) is 1.46. The molecule has 0 radical (unpaired) electrons. The van der Waals surface area contributed by atoms with E-state index in [0.717, 1.165) is 12.8 Å². The van der Waals surface area contributed by atoms with Crippen LogP contribution in [0.3, 0.4) is 0 Å².